The summed E-state index contributed by atoms with van der Waals surface area (Å²) in [4.78, 5) is 0. The van der Waals surface area contributed by atoms with E-state index in [9.17, 15) is 0 Å². The molecule has 3 rings (SSSR count). The summed E-state index contributed by atoms with van der Waals surface area (Å²) in [5.74, 6) is 0. The third-order valence-corrected chi connectivity index (χ3v) is 2.33. The van der Waals surface area contributed by atoms with Crippen LogP contribution in [0, 0.1) is 0 Å². The molecule has 0 saturated carbocycles. The molecule has 0 fully saturated rings. The van der Waals surface area contributed by atoms with E-state index < -0.39 is 0 Å². The van der Waals surface area contributed by atoms with Crippen molar-refractivity contribution < 1.29 is 17.4 Å². The number of benzene rings is 1. The maximum absolute atomic E-state index is 2.12. The molecule has 0 nitrogen and oxygen atoms in total. The second kappa shape index (κ2) is 7.68. The van der Waals surface area contributed by atoms with Crippen molar-refractivity contribution in [3.63, 3.8) is 0 Å². The van der Waals surface area contributed by atoms with Gasteiger partial charge in [-0.05, 0) is 0 Å². The van der Waals surface area contributed by atoms with E-state index in [0.29, 0.717) is 0 Å². The van der Waals surface area contributed by atoms with Crippen molar-refractivity contribution in [2.24, 2.45) is 0 Å². The third kappa shape index (κ3) is 4.45. The minimum Gasteiger partial charge on any atom is -0.214 e. The van der Waals surface area contributed by atoms with Crippen molar-refractivity contribution in [1.82, 2.24) is 0 Å². The molecule has 0 bridgehead atoms. The first-order chi connectivity index (χ1) is 7.97. The standard InChI is InChI=1S/C11H9.C5H5.Cr/c1-2-6-10(7-3-1)11-8-4-5-9-11;1-2-4-5-3-1;/h1-9H;1-5H;/q2*-1;+2. The van der Waals surface area contributed by atoms with Gasteiger partial charge in [0.2, 0.25) is 0 Å². The Morgan fingerprint density at radius 1 is 0.647 bits per heavy atom. The van der Waals surface area contributed by atoms with Gasteiger partial charge in [0, 0.05) is 0 Å². The first kappa shape index (κ1) is 13.5. The van der Waals surface area contributed by atoms with Gasteiger partial charge < -0.3 is 0 Å². The van der Waals surface area contributed by atoms with Gasteiger partial charge in [0.05, 0.1) is 0 Å². The van der Waals surface area contributed by atoms with Crippen LogP contribution in [0.1, 0.15) is 0 Å². The first-order valence-corrected chi connectivity index (χ1v) is 5.40. The molecule has 0 N–H and O–H groups in total. The largest absolute Gasteiger partial charge is 2.00 e. The summed E-state index contributed by atoms with van der Waals surface area (Å²) in [5, 5.41) is 0. The Morgan fingerprint density at radius 2 is 1.35 bits per heavy atom. The Balaban J connectivity index is 0.000000205. The summed E-state index contributed by atoms with van der Waals surface area (Å²) < 4.78 is 0. The molecule has 0 unspecified atom stereocenters. The fourth-order valence-electron chi connectivity index (χ4n) is 1.52. The minimum absolute atomic E-state index is 0. The summed E-state index contributed by atoms with van der Waals surface area (Å²) in [7, 11) is 0. The zero-order chi connectivity index (χ0) is 11.1. The Bertz CT molecular complexity index is 446. The zero-order valence-electron chi connectivity index (χ0n) is 9.49. The van der Waals surface area contributed by atoms with Gasteiger partial charge >= 0.3 is 17.4 Å². The Morgan fingerprint density at radius 3 is 1.82 bits per heavy atom. The second-order valence-electron chi connectivity index (χ2n) is 3.50. The molecule has 0 spiro atoms. The maximum atomic E-state index is 2.12. The summed E-state index contributed by atoms with van der Waals surface area (Å²) in [5.41, 5.74) is 2.59. The van der Waals surface area contributed by atoms with Crippen molar-refractivity contribution in [3.05, 3.63) is 84.9 Å². The van der Waals surface area contributed by atoms with Crippen LogP contribution in [0.3, 0.4) is 0 Å². The minimum atomic E-state index is 0. The van der Waals surface area contributed by atoms with E-state index in [-0.39, 0.29) is 17.4 Å². The smallest absolute Gasteiger partial charge is 0.214 e. The van der Waals surface area contributed by atoms with Crippen LogP contribution in [0.25, 0.3) is 11.1 Å². The van der Waals surface area contributed by atoms with Crippen LogP contribution in [0.15, 0.2) is 84.9 Å². The van der Waals surface area contributed by atoms with E-state index in [2.05, 4.69) is 48.5 Å². The topological polar surface area (TPSA) is 0 Å². The van der Waals surface area contributed by atoms with E-state index in [0.717, 1.165) is 0 Å². The van der Waals surface area contributed by atoms with Crippen LogP contribution in [-0.4, -0.2) is 0 Å². The molecule has 0 aliphatic rings. The van der Waals surface area contributed by atoms with Gasteiger partial charge in [-0.25, -0.2) is 12.1 Å². The van der Waals surface area contributed by atoms with Gasteiger partial charge in [-0.2, -0.15) is 42.0 Å². The molecular formula is C16H14Cr. The molecule has 0 aliphatic heterocycles. The molecule has 0 saturated heterocycles. The van der Waals surface area contributed by atoms with Crippen molar-refractivity contribution >= 4 is 0 Å². The number of hydrogen-bond donors (Lipinski definition) is 0. The fraction of sp³-hybridized carbons (Fsp3) is 0. The zero-order valence-corrected chi connectivity index (χ0v) is 10.8. The number of hydrogen-bond acceptors (Lipinski definition) is 0. The van der Waals surface area contributed by atoms with Crippen molar-refractivity contribution in [2.75, 3.05) is 0 Å². The predicted octanol–water partition coefficient (Wildman–Crippen LogP) is 4.48. The van der Waals surface area contributed by atoms with E-state index >= 15 is 0 Å². The molecule has 0 heterocycles. The monoisotopic (exact) mass is 258 g/mol. The molecule has 1 heteroatoms. The SMILES string of the molecule is [Cr+2].c1cc[cH-]c1.c1ccc(-c2ccc[cH-]2)cc1. The molecule has 3 aromatic rings. The van der Waals surface area contributed by atoms with Crippen LogP contribution in [0.5, 0.6) is 0 Å². The Kier molecular flexibility index (Phi) is 6.11. The van der Waals surface area contributed by atoms with Gasteiger partial charge in [0.25, 0.3) is 0 Å². The summed E-state index contributed by atoms with van der Waals surface area (Å²) in [6.07, 6.45) is 0. The van der Waals surface area contributed by atoms with E-state index in [4.69, 9.17) is 0 Å². The molecule has 0 radical (unpaired) electrons. The quantitative estimate of drug-likeness (QED) is 0.565. The Labute approximate surface area is 113 Å². The average molecular weight is 258 g/mol. The van der Waals surface area contributed by atoms with E-state index in [1.54, 1.807) is 0 Å². The van der Waals surface area contributed by atoms with Crippen LogP contribution >= 0.6 is 0 Å². The molecule has 0 atom stereocenters. The molecule has 3 aromatic carbocycles. The predicted molar refractivity (Wildman–Crippen MR) is 69.5 cm³/mol. The van der Waals surface area contributed by atoms with Crippen molar-refractivity contribution in [1.29, 1.82) is 0 Å². The van der Waals surface area contributed by atoms with Gasteiger partial charge in [-0.1, -0.05) is 30.3 Å². The Hall–Kier alpha value is -1.55. The molecule has 0 aliphatic carbocycles. The summed E-state index contributed by atoms with van der Waals surface area (Å²) in [6.45, 7) is 0. The average Bonchev–Trinajstić information content (AvgIpc) is 3.07. The van der Waals surface area contributed by atoms with Crippen molar-refractivity contribution in [3.8, 4) is 11.1 Å². The molecule has 0 amide bonds. The second-order valence-corrected chi connectivity index (χ2v) is 3.50. The molecular weight excluding hydrogens is 244 g/mol. The van der Waals surface area contributed by atoms with Gasteiger partial charge in [-0.15, -0.1) is 11.6 Å². The maximum Gasteiger partial charge on any atom is 2.00 e. The molecule has 0 aromatic heterocycles. The van der Waals surface area contributed by atoms with E-state index in [1.165, 1.54) is 11.1 Å². The fourth-order valence-corrected chi connectivity index (χ4v) is 1.52. The summed E-state index contributed by atoms with van der Waals surface area (Å²) >= 11 is 0. The summed E-state index contributed by atoms with van der Waals surface area (Å²) in [6, 6.07) is 28.7. The number of rotatable bonds is 1. The normalized spacial score (nSPS) is 8.71. The van der Waals surface area contributed by atoms with E-state index in [1.807, 2.05) is 36.4 Å². The van der Waals surface area contributed by atoms with Crippen LogP contribution in [0.2, 0.25) is 0 Å². The van der Waals surface area contributed by atoms with Gasteiger partial charge in [-0.3, -0.25) is 0 Å². The van der Waals surface area contributed by atoms with Crippen LogP contribution < -0.4 is 0 Å². The van der Waals surface area contributed by atoms with Crippen molar-refractivity contribution in [2.45, 2.75) is 0 Å². The molecule has 84 valence electrons. The van der Waals surface area contributed by atoms with Crippen LogP contribution in [-0.2, 0) is 17.4 Å². The molecule has 17 heavy (non-hydrogen) atoms. The van der Waals surface area contributed by atoms with Gasteiger partial charge in [0.15, 0.2) is 0 Å². The third-order valence-electron chi connectivity index (χ3n) is 2.33. The van der Waals surface area contributed by atoms with Gasteiger partial charge in [0.1, 0.15) is 0 Å². The first-order valence-electron chi connectivity index (χ1n) is 5.40. The van der Waals surface area contributed by atoms with Crippen LogP contribution in [0.4, 0.5) is 0 Å².